The molecule has 4 aromatic heterocycles. The lowest BCUT2D eigenvalue weighted by Gasteiger charge is -2.07. The molecule has 4 rings (SSSR count). The summed E-state index contributed by atoms with van der Waals surface area (Å²) in [6.45, 7) is 0. The van der Waals surface area contributed by atoms with E-state index in [4.69, 9.17) is 0 Å². The van der Waals surface area contributed by atoms with E-state index < -0.39 is 0 Å². The second kappa shape index (κ2) is 6.55. The quantitative estimate of drug-likeness (QED) is 0.600. The molecule has 0 unspecified atom stereocenters. The SMILES string of the molecule is c1cc(Nc2ccc(-c3cccs3)cn2)nc(-c2cnccn2)c1. The van der Waals surface area contributed by atoms with Crippen LogP contribution in [0.15, 0.2) is 72.6 Å². The molecule has 0 fully saturated rings. The van der Waals surface area contributed by atoms with Crippen LogP contribution in [0.4, 0.5) is 11.6 Å². The molecule has 0 atom stereocenters. The molecule has 6 heteroatoms. The zero-order valence-corrected chi connectivity index (χ0v) is 13.4. The second-order valence-corrected chi connectivity index (χ2v) is 5.98. The predicted octanol–water partition coefficient (Wildman–Crippen LogP) is 4.41. The lowest BCUT2D eigenvalue weighted by molar-refractivity contribution is 1.17. The summed E-state index contributed by atoms with van der Waals surface area (Å²) in [4.78, 5) is 18.6. The highest BCUT2D eigenvalue weighted by Gasteiger charge is 2.04. The number of rotatable bonds is 4. The average molecular weight is 331 g/mol. The Bertz CT molecular complexity index is 921. The van der Waals surface area contributed by atoms with E-state index >= 15 is 0 Å². The number of anilines is 2. The molecule has 0 aliphatic carbocycles. The number of hydrogen-bond acceptors (Lipinski definition) is 6. The number of pyridine rings is 2. The summed E-state index contributed by atoms with van der Waals surface area (Å²) in [5.41, 5.74) is 2.61. The van der Waals surface area contributed by atoms with Crippen molar-refractivity contribution in [2.75, 3.05) is 5.32 Å². The van der Waals surface area contributed by atoms with Crippen LogP contribution in [0.5, 0.6) is 0 Å². The maximum atomic E-state index is 4.56. The van der Waals surface area contributed by atoms with Gasteiger partial charge < -0.3 is 5.32 Å². The van der Waals surface area contributed by atoms with Crippen molar-refractivity contribution < 1.29 is 0 Å². The highest BCUT2D eigenvalue weighted by molar-refractivity contribution is 7.13. The van der Waals surface area contributed by atoms with E-state index in [0.717, 1.165) is 28.6 Å². The van der Waals surface area contributed by atoms with Gasteiger partial charge in [-0.25, -0.2) is 9.97 Å². The molecular weight excluding hydrogens is 318 g/mol. The van der Waals surface area contributed by atoms with Crippen LogP contribution >= 0.6 is 11.3 Å². The number of hydrogen-bond donors (Lipinski definition) is 1. The summed E-state index contributed by atoms with van der Waals surface area (Å²) in [7, 11) is 0. The van der Waals surface area contributed by atoms with E-state index in [1.54, 1.807) is 29.9 Å². The van der Waals surface area contributed by atoms with Gasteiger partial charge >= 0.3 is 0 Å². The minimum atomic E-state index is 0.717. The molecule has 116 valence electrons. The van der Waals surface area contributed by atoms with Crippen LogP contribution in [0.25, 0.3) is 21.8 Å². The molecule has 0 radical (unpaired) electrons. The summed E-state index contributed by atoms with van der Waals surface area (Å²) in [6, 6.07) is 13.9. The van der Waals surface area contributed by atoms with Crippen molar-refractivity contribution in [3.8, 4) is 21.8 Å². The van der Waals surface area contributed by atoms with Gasteiger partial charge in [0.15, 0.2) is 0 Å². The van der Waals surface area contributed by atoms with Crippen LogP contribution in [0.3, 0.4) is 0 Å². The van der Waals surface area contributed by atoms with E-state index in [1.807, 2.05) is 42.6 Å². The summed E-state index contributed by atoms with van der Waals surface area (Å²) in [6.07, 6.45) is 6.85. The maximum absolute atomic E-state index is 4.56. The van der Waals surface area contributed by atoms with Gasteiger partial charge in [0.25, 0.3) is 0 Å². The largest absolute Gasteiger partial charge is 0.325 e. The molecule has 24 heavy (non-hydrogen) atoms. The van der Waals surface area contributed by atoms with Gasteiger partial charge in [-0.3, -0.25) is 9.97 Å². The van der Waals surface area contributed by atoms with Crippen molar-refractivity contribution in [1.29, 1.82) is 0 Å². The molecule has 0 saturated heterocycles. The zero-order valence-electron chi connectivity index (χ0n) is 12.6. The third kappa shape index (κ3) is 3.13. The van der Waals surface area contributed by atoms with Gasteiger partial charge in [0, 0.05) is 29.0 Å². The lowest BCUT2D eigenvalue weighted by Crippen LogP contribution is -1.97. The van der Waals surface area contributed by atoms with E-state index in [-0.39, 0.29) is 0 Å². The molecule has 0 aliphatic rings. The fourth-order valence-corrected chi connectivity index (χ4v) is 2.98. The first-order valence-corrected chi connectivity index (χ1v) is 8.27. The Morgan fingerprint density at radius 1 is 0.792 bits per heavy atom. The highest BCUT2D eigenvalue weighted by atomic mass is 32.1. The lowest BCUT2D eigenvalue weighted by atomic mass is 10.2. The van der Waals surface area contributed by atoms with Gasteiger partial charge in [0.1, 0.15) is 17.3 Å². The molecule has 1 N–H and O–H groups in total. The first-order chi connectivity index (χ1) is 11.9. The van der Waals surface area contributed by atoms with Crippen LogP contribution in [0, 0.1) is 0 Å². The van der Waals surface area contributed by atoms with Crippen LogP contribution in [0.1, 0.15) is 0 Å². The first-order valence-electron chi connectivity index (χ1n) is 7.39. The number of thiophene rings is 1. The monoisotopic (exact) mass is 331 g/mol. The van der Waals surface area contributed by atoms with E-state index in [0.29, 0.717) is 0 Å². The standard InChI is InChI=1S/C18H13N5S/c1-3-14(15-12-19-8-9-20-15)22-18(5-1)23-17-7-6-13(11-21-17)16-4-2-10-24-16/h1-12H,(H,21,22,23). The molecule has 5 nitrogen and oxygen atoms in total. The molecule has 0 amide bonds. The second-order valence-electron chi connectivity index (χ2n) is 5.03. The van der Waals surface area contributed by atoms with Crippen LogP contribution in [-0.4, -0.2) is 19.9 Å². The highest BCUT2D eigenvalue weighted by Crippen LogP contribution is 2.25. The van der Waals surface area contributed by atoms with Crippen molar-refractivity contribution in [3.63, 3.8) is 0 Å². The molecule has 0 aliphatic heterocycles. The Morgan fingerprint density at radius 3 is 2.54 bits per heavy atom. The Labute approximate surface area is 143 Å². The Balaban J connectivity index is 1.55. The average Bonchev–Trinajstić information content (AvgIpc) is 3.18. The van der Waals surface area contributed by atoms with Crippen LogP contribution in [-0.2, 0) is 0 Å². The molecule has 0 saturated carbocycles. The zero-order chi connectivity index (χ0) is 16.2. The summed E-state index contributed by atoms with van der Waals surface area (Å²) in [5.74, 6) is 1.47. The van der Waals surface area contributed by atoms with Crippen LogP contribution < -0.4 is 5.32 Å². The number of aromatic nitrogens is 4. The minimum absolute atomic E-state index is 0.717. The van der Waals surface area contributed by atoms with Gasteiger partial charge in [-0.2, -0.15) is 0 Å². The first kappa shape index (κ1) is 14.5. The fourth-order valence-electron chi connectivity index (χ4n) is 2.27. The molecular formula is C18H13N5S. The Kier molecular flexibility index (Phi) is 3.95. The normalized spacial score (nSPS) is 10.5. The van der Waals surface area contributed by atoms with Crippen LogP contribution in [0.2, 0.25) is 0 Å². The molecule has 0 aromatic carbocycles. The molecule has 4 heterocycles. The van der Waals surface area contributed by atoms with E-state index in [2.05, 4.69) is 36.7 Å². The third-order valence-electron chi connectivity index (χ3n) is 3.40. The minimum Gasteiger partial charge on any atom is -0.325 e. The Hall–Kier alpha value is -3.12. The van der Waals surface area contributed by atoms with Crippen molar-refractivity contribution in [2.24, 2.45) is 0 Å². The summed E-state index contributed by atoms with van der Waals surface area (Å²) >= 11 is 1.70. The van der Waals surface area contributed by atoms with E-state index in [1.165, 1.54) is 4.88 Å². The Morgan fingerprint density at radius 2 is 1.79 bits per heavy atom. The predicted molar refractivity (Wildman–Crippen MR) is 96.1 cm³/mol. The third-order valence-corrected chi connectivity index (χ3v) is 4.32. The van der Waals surface area contributed by atoms with Gasteiger partial charge in [-0.1, -0.05) is 12.1 Å². The van der Waals surface area contributed by atoms with Gasteiger partial charge in [-0.05, 0) is 35.7 Å². The number of nitrogens with zero attached hydrogens (tertiary/aromatic N) is 4. The van der Waals surface area contributed by atoms with Gasteiger partial charge in [-0.15, -0.1) is 11.3 Å². The topological polar surface area (TPSA) is 63.6 Å². The molecule has 0 bridgehead atoms. The van der Waals surface area contributed by atoms with Crippen molar-refractivity contribution in [1.82, 2.24) is 19.9 Å². The van der Waals surface area contributed by atoms with Gasteiger partial charge in [0.05, 0.1) is 11.9 Å². The van der Waals surface area contributed by atoms with Crippen molar-refractivity contribution in [2.45, 2.75) is 0 Å². The summed E-state index contributed by atoms with van der Waals surface area (Å²) < 4.78 is 0. The van der Waals surface area contributed by atoms with Crippen molar-refractivity contribution in [3.05, 3.63) is 72.6 Å². The summed E-state index contributed by atoms with van der Waals surface area (Å²) in [5, 5.41) is 5.28. The van der Waals surface area contributed by atoms with Crippen molar-refractivity contribution >= 4 is 23.0 Å². The maximum Gasteiger partial charge on any atom is 0.132 e. The molecule has 4 aromatic rings. The molecule has 0 spiro atoms. The number of nitrogens with one attached hydrogen (secondary N) is 1. The van der Waals surface area contributed by atoms with E-state index in [9.17, 15) is 0 Å². The fraction of sp³-hybridized carbons (Fsp3) is 0. The van der Waals surface area contributed by atoms with Gasteiger partial charge in [0.2, 0.25) is 0 Å². The smallest absolute Gasteiger partial charge is 0.132 e.